The quantitative estimate of drug-likeness (QED) is 0.331. The summed E-state index contributed by atoms with van der Waals surface area (Å²) < 4.78 is 6.65. The molecule has 0 spiro atoms. The number of rotatable bonds is 11. The van der Waals surface area contributed by atoms with E-state index in [1.807, 2.05) is 42.7 Å². The van der Waals surface area contributed by atoms with Crippen LogP contribution in [0, 0.1) is 0 Å². The molecule has 4 N–H and O–H groups in total. The number of aromatic amines is 2. The number of nitrogens with zero attached hydrogens (tertiary/aromatic N) is 2. The van der Waals surface area contributed by atoms with Gasteiger partial charge >= 0.3 is 23.2 Å². The third-order valence-corrected chi connectivity index (χ3v) is 5.88. The Balaban J connectivity index is 1.71. The van der Waals surface area contributed by atoms with Gasteiger partial charge in [0.05, 0.1) is 12.2 Å². The summed E-state index contributed by atoms with van der Waals surface area (Å²) in [6.45, 7) is 12.3. The van der Waals surface area contributed by atoms with Crippen LogP contribution in [0.3, 0.4) is 0 Å². The van der Waals surface area contributed by atoms with E-state index in [0.29, 0.717) is 25.8 Å². The van der Waals surface area contributed by atoms with Gasteiger partial charge in [0.25, 0.3) is 0 Å². The van der Waals surface area contributed by atoms with Crippen molar-refractivity contribution in [2.45, 2.75) is 109 Å². The molecule has 0 atom stereocenters. The predicted molar refractivity (Wildman–Crippen MR) is 130 cm³/mol. The summed E-state index contributed by atoms with van der Waals surface area (Å²) in [5.41, 5.74) is -3.99. The van der Waals surface area contributed by atoms with Crippen LogP contribution in [0.4, 0.5) is 4.79 Å². The van der Waals surface area contributed by atoms with E-state index in [4.69, 9.17) is 9.57 Å². The Morgan fingerprint density at radius 3 is 2.11 bits per heavy atom. The van der Waals surface area contributed by atoms with Crippen LogP contribution in [-0.4, -0.2) is 66.7 Å². The Kier molecular flexibility index (Phi) is 9.49. The lowest BCUT2D eigenvalue weighted by Gasteiger charge is -2.53. The second kappa shape index (κ2) is 11.5. The van der Waals surface area contributed by atoms with Crippen molar-refractivity contribution < 1.29 is 19.5 Å². The largest absolute Gasteiger partial charge is 0.446 e. The summed E-state index contributed by atoms with van der Waals surface area (Å²) >= 11 is 0. The zero-order valence-electron chi connectivity index (χ0n) is 21.7. The summed E-state index contributed by atoms with van der Waals surface area (Å²) in [6, 6.07) is 0. The highest BCUT2D eigenvalue weighted by molar-refractivity contribution is 5.67. The molecule has 12 nitrogen and oxygen atoms in total. The second-order valence-corrected chi connectivity index (χ2v) is 11.1. The van der Waals surface area contributed by atoms with E-state index in [1.165, 1.54) is 0 Å². The summed E-state index contributed by atoms with van der Waals surface area (Å²) in [6.07, 6.45) is 3.34. The number of aliphatic hydroxyl groups is 1. The van der Waals surface area contributed by atoms with Crippen LogP contribution in [0.1, 0.15) is 80.1 Å². The van der Waals surface area contributed by atoms with Gasteiger partial charge in [-0.2, -0.15) is 5.06 Å². The highest BCUT2D eigenvalue weighted by Gasteiger charge is 2.48. The topological polar surface area (TPSA) is 159 Å². The van der Waals surface area contributed by atoms with E-state index in [-0.39, 0.29) is 19.3 Å². The van der Waals surface area contributed by atoms with Crippen molar-refractivity contribution in [1.82, 2.24) is 24.9 Å². The number of aromatic nitrogens is 3. The van der Waals surface area contributed by atoms with Gasteiger partial charge in [0.2, 0.25) is 0 Å². The zero-order valence-corrected chi connectivity index (χ0v) is 21.7. The summed E-state index contributed by atoms with van der Waals surface area (Å²) in [5, 5.41) is 14.7. The number of unbranched alkanes of at least 4 members (excludes halogenated alkanes) is 3. The first-order chi connectivity index (χ1) is 16.1. The normalized spacial score (nSPS) is 18.4. The number of hydrogen-bond acceptors (Lipinski definition) is 8. The average molecular weight is 500 g/mol. The number of piperidine rings is 1. The minimum atomic E-state index is -0.948. The second-order valence-electron chi connectivity index (χ2n) is 11.1. The first-order valence-electron chi connectivity index (χ1n) is 12.1. The van der Waals surface area contributed by atoms with Gasteiger partial charge in [-0.15, -0.1) is 0 Å². The van der Waals surface area contributed by atoms with E-state index in [9.17, 15) is 24.3 Å². The van der Waals surface area contributed by atoms with Crippen LogP contribution in [-0.2, 0) is 16.1 Å². The number of nitrogens with one attached hydrogen (secondary N) is 3. The molecular formula is C23H41N5O7. The van der Waals surface area contributed by atoms with Crippen LogP contribution in [0.15, 0.2) is 14.4 Å². The van der Waals surface area contributed by atoms with Crippen molar-refractivity contribution >= 4 is 6.09 Å². The minimum Gasteiger partial charge on any atom is -0.446 e. The van der Waals surface area contributed by atoms with Crippen molar-refractivity contribution in [3.63, 3.8) is 0 Å². The number of alkyl carbamates (subject to hydrolysis) is 1. The molecule has 0 aliphatic carbocycles. The molecule has 0 radical (unpaired) electrons. The number of hydroxylamine groups is 2. The van der Waals surface area contributed by atoms with Gasteiger partial charge in [0.15, 0.2) is 0 Å². The molecule has 0 aromatic carbocycles. The molecule has 0 bridgehead atoms. The molecule has 0 saturated carbocycles. The van der Waals surface area contributed by atoms with Crippen molar-refractivity contribution in [3.8, 4) is 0 Å². The lowest BCUT2D eigenvalue weighted by atomic mass is 9.80. The van der Waals surface area contributed by atoms with Gasteiger partial charge in [-0.25, -0.2) is 23.7 Å². The van der Waals surface area contributed by atoms with Gasteiger partial charge in [-0.05, 0) is 54.4 Å². The van der Waals surface area contributed by atoms with E-state index in [1.54, 1.807) is 13.8 Å². The van der Waals surface area contributed by atoms with Crippen LogP contribution in [0.25, 0.3) is 0 Å². The van der Waals surface area contributed by atoms with E-state index < -0.39 is 39.8 Å². The van der Waals surface area contributed by atoms with Crippen LogP contribution in [0.5, 0.6) is 0 Å². The highest BCUT2D eigenvalue weighted by atomic mass is 16.7. The molecule has 1 aromatic rings. The van der Waals surface area contributed by atoms with Gasteiger partial charge in [-0.3, -0.25) is 14.8 Å². The van der Waals surface area contributed by atoms with E-state index in [2.05, 4.69) is 5.32 Å². The number of amides is 1. The number of hydrogen-bond donors (Lipinski definition) is 4. The summed E-state index contributed by atoms with van der Waals surface area (Å²) in [4.78, 5) is 56.7. The molecule has 12 heteroatoms. The Hall–Kier alpha value is -2.44. The average Bonchev–Trinajstić information content (AvgIpc) is 2.65. The molecule has 1 fully saturated rings. The standard InChI is InChI=1S/C23H41N5O7/c1-21(2)13-16(14-22(3,4)28(21)34-15-23(5,6)33)35-20(32)24-11-9-7-8-10-12-27-18(30)25-17(29)26-19(27)31/h16,33H,7-15H2,1-6H3,(H,24,32)(H2,25,26,29,30,31). The lowest BCUT2D eigenvalue weighted by Crippen LogP contribution is -2.62. The van der Waals surface area contributed by atoms with Crippen molar-refractivity contribution in [2.24, 2.45) is 0 Å². The van der Waals surface area contributed by atoms with Crippen LogP contribution in [0.2, 0.25) is 0 Å². The van der Waals surface area contributed by atoms with Crippen molar-refractivity contribution in [1.29, 1.82) is 0 Å². The van der Waals surface area contributed by atoms with E-state index >= 15 is 0 Å². The Morgan fingerprint density at radius 1 is 1.03 bits per heavy atom. The third-order valence-electron chi connectivity index (χ3n) is 5.88. The SMILES string of the molecule is CC(C)(O)CON1C(C)(C)CC(OC(=O)NCCCCCCn2c(=O)[nH]c(=O)[nH]c2=O)CC1(C)C. The van der Waals surface area contributed by atoms with Gasteiger partial charge < -0.3 is 15.2 Å². The first kappa shape index (κ1) is 28.8. The molecular weight excluding hydrogens is 458 g/mol. The van der Waals surface area contributed by atoms with Crippen LogP contribution >= 0.6 is 0 Å². The number of H-pyrrole nitrogens is 2. The van der Waals surface area contributed by atoms with E-state index in [0.717, 1.165) is 23.8 Å². The smallest absolute Gasteiger partial charge is 0.407 e. The molecule has 200 valence electrons. The Bertz CT molecular complexity index is 966. The fourth-order valence-electron chi connectivity index (χ4n) is 4.61. The predicted octanol–water partition coefficient (Wildman–Crippen LogP) is 1.24. The maximum absolute atomic E-state index is 12.3. The van der Waals surface area contributed by atoms with Crippen molar-refractivity contribution in [3.05, 3.63) is 31.5 Å². The first-order valence-corrected chi connectivity index (χ1v) is 12.1. The third kappa shape index (κ3) is 8.93. The molecule has 2 rings (SSSR count). The lowest BCUT2D eigenvalue weighted by molar-refractivity contribution is -0.305. The molecule has 1 aromatic heterocycles. The van der Waals surface area contributed by atoms with Gasteiger partial charge in [0, 0.05) is 37.0 Å². The number of carbonyl (C=O) groups is 1. The maximum atomic E-state index is 12.3. The molecule has 35 heavy (non-hydrogen) atoms. The summed E-state index contributed by atoms with van der Waals surface area (Å²) in [7, 11) is 0. The van der Waals surface area contributed by atoms with Gasteiger partial charge in [0.1, 0.15) is 6.10 Å². The number of carbonyl (C=O) groups excluding carboxylic acids is 1. The molecule has 1 aliphatic rings. The monoisotopic (exact) mass is 499 g/mol. The van der Waals surface area contributed by atoms with Crippen molar-refractivity contribution in [2.75, 3.05) is 13.2 Å². The molecule has 0 unspecified atom stereocenters. The fraction of sp³-hybridized carbons (Fsp3) is 0.826. The molecule has 1 aliphatic heterocycles. The molecule has 1 amide bonds. The maximum Gasteiger partial charge on any atom is 0.407 e. The Morgan fingerprint density at radius 2 is 1.57 bits per heavy atom. The fourth-order valence-corrected chi connectivity index (χ4v) is 4.61. The van der Waals surface area contributed by atoms with Crippen LogP contribution < -0.4 is 22.4 Å². The molecule has 1 saturated heterocycles. The Labute approximate surface area is 205 Å². The number of ether oxygens (including phenoxy) is 1. The summed E-state index contributed by atoms with van der Waals surface area (Å²) in [5.74, 6) is 0. The molecule has 2 heterocycles. The minimum absolute atomic E-state index is 0.171. The highest BCUT2D eigenvalue weighted by Crippen LogP contribution is 2.40. The van der Waals surface area contributed by atoms with Gasteiger partial charge in [-0.1, -0.05) is 12.8 Å². The zero-order chi connectivity index (χ0) is 26.4.